The van der Waals surface area contributed by atoms with Gasteiger partial charge in [-0.05, 0) is 33.1 Å². The number of hydrogen-bond acceptors (Lipinski definition) is 1. The smallest absolute Gasteiger partial charge is 0.149 e. The van der Waals surface area contributed by atoms with Crippen LogP contribution in [0.1, 0.15) is 17.2 Å². The Labute approximate surface area is 184 Å². The molecule has 0 aliphatic heterocycles. The number of halogens is 1. The molecule has 5 aromatic rings. The molecule has 0 saturated carbocycles. The molecule has 30 heavy (non-hydrogen) atoms. The van der Waals surface area contributed by atoms with Crippen molar-refractivity contribution in [1.82, 2.24) is 9.55 Å². The Hall–Kier alpha value is -3.24. The zero-order valence-electron chi connectivity index (χ0n) is 16.5. The van der Waals surface area contributed by atoms with E-state index in [2.05, 4.69) is 105 Å². The third-order valence-electron chi connectivity index (χ3n) is 5.32. The second-order valence-corrected chi connectivity index (χ2v) is 8.24. The van der Waals surface area contributed by atoms with Crippen LogP contribution in [-0.2, 0) is 7.05 Å². The normalized spacial score (nSPS) is 11.3. The van der Waals surface area contributed by atoms with Crippen LogP contribution in [0.2, 0.25) is 0 Å². The average molecular weight is 457 g/mol. The average Bonchev–Trinajstić information content (AvgIpc) is 3.35. The summed E-state index contributed by atoms with van der Waals surface area (Å²) >= 11 is 3.68. The Morgan fingerprint density at radius 1 is 0.800 bits per heavy atom. The maximum Gasteiger partial charge on any atom is 0.149 e. The highest BCUT2D eigenvalue weighted by Gasteiger charge is 2.19. The van der Waals surface area contributed by atoms with E-state index in [0.717, 1.165) is 43.4 Å². The molecule has 0 radical (unpaired) electrons. The monoisotopic (exact) mass is 456 g/mol. The van der Waals surface area contributed by atoms with E-state index in [-0.39, 0.29) is 6.10 Å². The van der Waals surface area contributed by atoms with E-state index in [1.165, 1.54) is 0 Å². The van der Waals surface area contributed by atoms with E-state index in [1.807, 2.05) is 25.2 Å². The number of para-hydroxylation sites is 1. The lowest BCUT2D eigenvalue weighted by Gasteiger charge is -2.20. The quantitative estimate of drug-likeness (QED) is 0.300. The number of aromatic nitrogens is 2. The van der Waals surface area contributed by atoms with E-state index in [9.17, 15) is 0 Å². The van der Waals surface area contributed by atoms with Crippen LogP contribution in [-0.4, -0.2) is 9.55 Å². The minimum absolute atomic E-state index is 0.187. The Balaban J connectivity index is 1.59. The molecular formula is C26H21BrN2O. The molecular weight excluding hydrogens is 436 g/mol. The molecule has 2 aromatic heterocycles. The van der Waals surface area contributed by atoms with Gasteiger partial charge in [0.15, 0.2) is 0 Å². The van der Waals surface area contributed by atoms with Gasteiger partial charge < -0.3 is 14.3 Å². The Kier molecular flexibility index (Phi) is 4.93. The summed E-state index contributed by atoms with van der Waals surface area (Å²) in [6.07, 6.45) is 6.05. The van der Waals surface area contributed by atoms with Gasteiger partial charge in [0.05, 0.1) is 5.52 Å². The van der Waals surface area contributed by atoms with Gasteiger partial charge in [0.25, 0.3) is 0 Å². The summed E-state index contributed by atoms with van der Waals surface area (Å²) in [6.45, 7) is 0. The summed E-state index contributed by atoms with van der Waals surface area (Å²) in [6, 6.07) is 26.9. The predicted molar refractivity (Wildman–Crippen MR) is 126 cm³/mol. The topological polar surface area (TPSA) is 29.9 Å². The highest BCUT2D eigenvalue weighted by Crippen LogP contribution is 2.39. The molecule has 3 aromatic carbocycles. The first-order chi connectivity index (χ1) is 14.7. The maximum absolute atomic E-state index is 6.64. The molecule has 3 nitrogen and oxygen atoms in total. The number of hydrogen-bond donors (Lipinski definition) is 1. The second-order valence-electron chi connectivity index (χ2n) is 7.39. The molecule has 0 fully saturated rings. The zero-order valence-corrected chi connectivity index (χ0v) is 18.1. The first-order valence-electron chi connectivity index (χ1n) is 9.89. The van der Waals surface area contributed by atoms with E-state index in [0.29, 0.717) is 0 Å². The lowest BCUT2D eigenvalue weighted by atomic mass is 10.0. The highest BCUT2D eigenvalue weighted by molar-refractivity contribution is 9.10. The van der Waals surface area contributed by atoms with E-state index in [1.54, 1.807) is 0 Å². The fraction of sp³-hybridized carbons (Fsp3) is 0.0769. The number of aromatic amines is 1. The lowest BCUT2D eigenvalue weighted by Crippen LogP contribution is -2.09. The number of nitrogens with zero attached hydrogens (tertiary/aromatic N) is 1. The van der Waals surface area contributed by atoms with Gasteiger partial charge >= 0.3 is 0 Å². The van der Waals surface area contributed by atoms with E-state index < -0.39 is 0 Å². The number of benzene rings is 3. The summed E-state index contributed by atoms with van der Waals surface area (Å²) < 4.78 is 9.76. The van der Waals surface area contributed by atoms with Crippen LogP contribution in [0.4, 0.5) is 0 Å². The first kappa shape index (κ1) is 18.8. The largest absolute Gasteiger partial charge is 0.479 e. The summed E-state index contributed by atoms with van der Waals surface area (Å²) in [5.74, 6) is 0.837. The molecule has 2 heterocycles. The Bertz CT molecular complexity index is 1250. The fourth-order valence-electron chi connectivity index (χ4n) is 3.91. The van der Waals surface area contributed by atoms with Gasteiger partial charge in [0.2, 0.25) is 0 Å². The number of fused-ring (bicyclic) bond motifs is 1. The fourth-order valence-corrected chi connectivity index (χ4v) is 4.55. The molecule has 0 aliphatic rings. The predicted octanol–water partition coefficient (Wildman–Crippen LogP) is 7.10. The van der Waals surface area contributed by atoms with Crippen molar-refractivity contribution in [3.05, 3.63) is 113 Å². The lowest BCUT2D eigenvalue weighted by molar-refractivity contribution is 0.250. The van der Waals surface area contributed by atoms with E-state index in [4.69, 9.17) is 4.74 Å². The molecule has 0 bridgehead atoms. The Morgan fingerprint density at radius 2 is 1.47 bits per heavy atom. The van der Waals surface area contributed by atoms with Gasteiger partial charge in [-0.2, -0.15) is 0 Å². The van der Waals surface area contributed by atoms with Crippen LogP contribution < -0.4 is 4.74 Å². The van der Waals surface area contributed by atoms with Gasteiger partial charge in [-0.1, -0.05) is 72.8 Å². The molecule has 4 heteroatoms. The zero-order chi connectivity index (χ0) is 20.5. The van der Waals surface area contributed by atoms with Crippen LogP contribution in [0.15, 0.2) is 102 Å². The van der Waals surface area contributed by atoms with Crippen molar-refractivity contribution in [2.24, 2.45) is 7.05 Å². The van der Waals surface area contributed by atoms with Crippen molar-refractivity contribution < 1.29 is 4.74 Å². The molecule has 0 unspecified atom stereocenters. The standard InChI is InChI=1S/C26H21BrN2O/c1-29-16-22(23(27)17-29)21-15-28-25-20(21)13-8-14-24(25)30-26(18-9-4-2-5-10-18)19-11-6-3-7-12-19/h2-17,26,28H,1H3. The van der Waals surface area contributed by atoms with Gasteiger partial charge in [0.1, 0.15) is 11.9 Å². The first-order valence-corrected chi connectivity index (χ1v) is 10.7. The highest BCUT2D eigenvalue weighted by atomic mass is 79.9. The molecule has 0 atom stereocenters. The van der Waals surface area contributed by atoms with Crippen LogP contribution in [0.5, 0.6) is 5.75 Å². The molecule has 148 valence electrons. The summed E-state index contributed by atoms with van der Waals surface area (Å²) in [4.78, 5) is 3.44. The maximum atomic E-state index is 6.64. The molecule has 0 saturated heterocycles. The van der Waals surface area contributed by atoms with Crippen LogP contribution in [0, 0.1) is 0 Å². The summed E-state index contributed by atoms with van der Waals surface area (Å²) in [5.41, 5.74) is 5.55. The number of rotatable bonds is 5. The molecule has 0 spiro atoms. The number of nitrogens with one attached hydrogen (secondary N) is 1. The second kappa shape index (κ2) is 7.88. The van der Waals surface area contributed by atoms with Crippen LogP contribution >= 0.6 is 15.9 Å². The minimum atomic E-state index is -0.187. The van der Waals surface area contributed by atoms with Gasteiger partial charge in [0, 0.05) is 46.6 Å². The van der Waals surface area contributed by atoms with Crippen molar-refractivity contribution in [3.8, 4) is 16.9 Å². The van der Waals surface area contributed by atoms with Crippen molar-refractivity contribution in [2.45, 2.75) is 6.10 Å². The number of H-pyrrole nitrogens is 1. The van der Waals surface area contributed by atoms with Gasteiger partial charge in [-0.15, -0.1) is 0 Å². The van der Waals surface area contributed by atoms with Crippen molar-refractivity contribution in [3.63, 3.8) is 0 Å². The van der Waals surface area contributed by atoms with E-state index >= 15 is 0 Å². The summed E-state index contributed by atoms with van der Waals surface area (Å²) in [7, 11) is 2.03. The third kappa shape index (κ3) is 3.44. The minimum Gasteiger partial charge on any atom is -0.479 e. The number of aryl methyl sites for hydroxylation is 1. The summed E-state index contributed by atoms with van der Waals surface area (Å²) in [5, 5.41) is 1.14. The van der Waals surface area contributed by atoms with Crippen LogP contribution in [0.3, 0.4) is 0 Å². The third-order valence-corrected chi connectivity index (χ3v) is 5.96. The van der Waals surface area contributed by atoms with Gasteiger partial charge in [-0.3, -0.25) is 0 Å². The number of ether oxygens (including phenoxy) is 1. The van der Waals surface area contributed by atoms with Crippen molar-refractivity contribution in [2.75, 3.05) is 0 Å². The van der Waals surface area contributed by atoms with Crippen molar-refractivity contribution >= 4 is 26.8 Å². The molecule has 0 amide bonds. The molecule has 5 rings (SSSR count). The van der Waals surface area contributed by atoms with Gasteiger partial charge in [-0.25, -0.2) is 0 Å². The molecule has 1 N–H and O–H groups in total. The van der Waals surface area contributed by atoms with Crippen molar-refractivity contribution in [1.29, 1.82) is 0 Å². The Morgan fingerprint density at radius 3 is 2.07 bits per heavy atom. The SMILES string of the molecule is Cn1cc(Br)c(-c2c[nH]c3c(OC(c4ccccc4)c4ccccc4)cccc23)c1. The van der Waals surface area contributed by atoms with Crippen LogP contribution in [0.25, 0.3) is 22.0 Å². The molecule has 0 aliphatic carbocycles.